The summed E-state index contributed by atoms with van der Waals surface area (Å²) in [4.78, 5) is 26.7. The van der Waals surface area contributed by atoms with E-state index >= 15 is 0 Å². The van der Waals surface area contributed by atoms with Gasteiger partial charge in [-0.05, 0) is 54.1 Å². The van der Waals surface area contributed by atoms with Crippen molar-refractivity contribution >= 4 is 44.9 Å². The van der Waals surface area contributed by atoms with Gasteiger partial charge < -0.3 is 4.74 Å². The fraction of sp³-hybridized carbons (Fsp3) is 0.158. The highest BCUT2D eigenvalue weighted by Gasteiger charge is 2.35. The van der Waals surface area contributed by atoms with Crippen LogP contribution in [0.3, 0.4) is 0 Å². The number of carbonyl (C=O) groups is 2. The predicted octanol–water partition coefficient (Wildman–Crippen LogP) is 5.00. The highest BCUT2D eigenvalue weighted by atomic mass is 79.9. The van der Waals surface area contributed by atoms with Crippen molar-refractivity contribution in [2.75, 3.05) is 7.11 Å². The first-order valence-corrected chi connectivity index (χ1v) is 9.24. The molecule has 1 aliphatic rings. The fourth-order valence-corrected chi connectivity index (χ4v) is 3.76. The largest absolute Gasteiger partial charge is 0.496 e. The van der Waals surface area contributed by atoms with Crippen molar-refractivity contribution in [3.63, 3.8) is 0 Å². The molecule has 0 aromatic heterocycles. The van der Waals surface area contributed by atoms with Gasteiger partial charge in [0.05, 0.1) is 18.6 Å². The molecule has 1 aliphatic heterocycles. The van der Waals surface area contributed by atoms with E-state index in [0.29, 0.717) is 10.7 Å². The molecule has 25 heavy (non-hydrogen) atoms. The van der Waals surface area contributed by atoms with Gasteiger partial charge in [0.1, 0.15) is 5.75 Å². The number of thioether (sulfide) groups is 1. The molecule has 0 radical (unpaired) electrons. The van der Waals surface area contributed by atoms with E-state index in [-0.39, 0.29) is 17.7 Å². The van der Waals surface area contributed by atoms with Crippen LogP contribution in [0.2, 0.25) is 0 Å². The van der Waals surface area contributed by atoms with Crippen molar-refractivity contribution in [2.24, 2.45) is 0 Å². The summed E-state index contributed by atoms with van der Waals surface area (Å²) in [7, 11) is 1.57. The molecule has 0 bridgehead atoms. The molecule has 128 valence electrons. The van der Waals surface area contributed by atoms with Gasteiger partial charge in [0.2, 0.25) is 0 Å². The van der Waals surface area contributed by atoms with Crippen molar-refractivity contribution in [3.05, 3.63) is 68.5 Å². The van der Waals surface area contributed by atoms with Crippen LogP contribution in [0.25, 0.3) is 6.08 Å². The molecule has 3 rings (SSSR count). The lowest BCUT2D eigenvalue weighted by Gasteiger charge is -2.14. The standard InChI is InChI=1S/C19H16BrNO3S/c1-12-5-3-4-6-13(12)11-21-18(22)17(25-19(21)23)10-14-9-15(20)7-8-16(14)24-2/h3-10H,11H2,1-2H3/b17-10-. The number of hydrogen-bond acceptors (Lipinski definition) is 4. The SMILES string of the molecule is COc1ccc(Br)cc1/C=C1\SC(=O)N(Cc2ccccc2C)C1=O. The second-order valence-corrected chi connectivity index (χ2v) is 7.49. The van der Waals surface area contributed by atoms with Crippen LogP contribution in [0.4, 0.5) is 4.79 Å². The molecular formula is C19H16BrNO3S. The van der Waals surface area contributed by atoms with E-state index in [4.69, 9.17) is 4.74 Å². The van der Waals surface area contributed by atoms with Gasteiger partial charge >= 0.3 is 0 Å². The molecule has 2 aromatic carbocycles. The molecule has 0 saturated carbocycles. The highest BCUT2D eigenvalue weighted by molar-refractivity contribution is 9.10. The van der Waals surface area contributed by atoms with Crippen LogP contribution in [-0.2, 0) is 11.3 Å². The molecule has 2 amide bonds. The number of ether oxygens (including phenoxy) is 1. The summed E-state index contributed by atoms with van der Waals surface area (Å²) >= 11 is 4.37. The fourth-order valence-electron chi connectivity index (χ4n) is 2.55. The molecule has 0 atom stereocenters. The normalized spacial score (nSPS) is 16.0. The predicted molar refractivity (Wildman–Crippen MR) is 103 cm³/mol. The van der Waals surface area contributed by atoms with Crippen LogP contribution in [0.15, 0.2) is 51.8 Å². The van der Waals surface area contributed by atoms with E-state index in [1.165, 1.54) is 4.90 Å². The Balaban J connectivity index is 1.89. The third kappa shape index (κ3) is 3.80. The smallest absolute Gasteiger partial charge is 0.293 e. The zero-order valence-corrected chi connectivity index (χ0v) is 16.2. The summed E-state index contributed by atoms with van der Waals surface area (Å²) in [5.41, 5.74) is 2.77. The van der Waals surface area contributed by atoms with Gasteiger partial charge in [-0.15, -0.1) is 0 Å². The molecule has 1 saturated heterocycles. The maximum absolute atomic E-state index is 12.7. The maximum atomic E-state index is 12.7. The van der Waals surface area contributed by atoms with E-state index in [0.717, 1.165) is 32.9 Å². The molecule has 1 heterocycles. The molecule has 2 aromatic rings. The minimum absolute atomic E-state index is 0.256. The van der Waals surface area contributed by atoms with Crippen LogP contribution in [0, 0.1) is 6.92 Å². The van der Waals surface area contributed by atoms with E-state index in [9.17, 15) is 9.59 Å². The Hall–Kier alpha value is -2.05. The Morgan fingerprint density at radius 3 is 2.68 bits per heavy atom. The third-order valence-corrected chi connectivity index (χ3v) is 5.34. The van der Waals surface area contributed by atoms with Crippen LogP contribution in [0.5, 0.6) is 5.75 Å². The van der Waals surface area contributed by atoms with Crippen molar-refractivity contribution in [1.82, 2.24) is 4.90 Å². The molecule has 6 heteroatoms. The number of carbonyl (C=O) groups excluding carboxylic acids is 2. The molecule has 0 spiro atoms. The lowest BCUT2D eigenvalue weighted by Crippen LogP contribution is -2.27. The van der Waals surface area contributed by atoms with E-state index in [1.807, 2.05) is 49.4 Å². The zero-order chi connectivity index (χ0) is 18.0. The van der Waals surface area contributed by atoms with Gasteiger partial charge in [-0.25, -0.2) is 0 Å². The van der Waals surface area contributed by atoms with Gasteiger partial charge in [-0.3, -0.25) is 14.5 Å². The number of amides is 2. The molecule has 0 N–H and O–H groups in total. The molecular weight excluding hydrogens is 402 g/mol. The molecule has 0 aliphatic carbocycles. The molecule has 0 unspecified atom stereocenters. The summed E-state index contributed by atoms with van der Waals surface area (Å²) in [5, 5.41) is -0.256. The highest BCUT2D eigenvalue weighted by Crippen LogP contribution is 2.35. The number of methoxy groups -OCH3 is 1. The number of rotatable bonds is 4. The van der Waals surface area contributed by atoms with Crippen molar-refractivity contribution in [3.8, 4) is 5.75 Å². The number of imide groups is 1. The van der Waals surface area contributed by atoms with E-state index in [2.05, 4.69) is 15.9 Å². The van der Waals surface area contributed by atoms with Crippen LogP contribution in [-0.4, -0.2) is 23.2 Å². The molecule has 1 fully saturated rings. The third-order valence-electron chi connectivity index (χ3n) is 3.94. The quantitative estimate of drug-likeness (QED) is 0.656. The van der Waals surface area contributed by atoms with Gasteiger partial charge in [0.15, 0.2) is 0 Å². The summed E-state index contributed by atoms with van der Waals surface area (Å²) < 4.78 is 6.20. The Morgan fingerprint density at radius 2 is 1.96 bits per heavy atom. The Morgan fingerprint density at radius 1 is 1.20 bits per heavy atom. The molecule has 4 nitrogen and oxygen atoms in total. The average Bonchev–Trinajstić information content (AvgIpc) is 2.84. The number of benzene rings is 2. The average molecular weight is 418 g/mol. The van der Waals surface area contributed by atoms with Crippen molar-refractivity contribution in [2.45, 2.75) is 13.5 Å². The lowest BCUT2D eigenvalue weighted by atomic mass is 10.1. The number of hydrogen-bond donors (Lipinski definition) is 0. The van der Waals surface area contributed by atoms with Crippen LogP contribution >= 0.6 is 27.7 Å². The van der Waals surface area contributed by atoms with Crippen molar-refractivity contribution in [1.29, 1.82) is 0 Å². The summed E-state index contributed by atoms with van der Waals surface area (Å²) in [5.74, 6) is 0.370. The van der Waals surface area contributed by atoms with Gasteiger partial charge in [0, 0.05) is 10.0 Å². The van der Waals surface area contributed by atoms with Crippen LogP contribution in [0.1, 0.15) is 16.7 Å². The summed E-state index contributed by atoms with van der Waals surface area (Å²) in [6.07, 6.45) is 1.70. The summed E-state index contributed by atoms with van der Waals surface area (Å²) in [6.45, 7) is 2.25. The summed E-state index contributed by atoms with van der Waals surface area (Å²) in [6, 6.07) is 13.3. The van der Waals surface area contributed by atoms with Gasteiger partial charge in [-0.2, -0.15) is 0 Å². The Labute approximate surface area is 159 Å². The Kier molecular flexibility index (Phi) is 5.30. The zero-order valence-electron chi connectivity index (χ0n) is 13.8. The first-order chi connectivity index (χ1) is 12.0. The van der Waals surface area contributed by atoms with Gasteiger partial charge in [0.25, 0.3) is 11.1 Å². The first kappa shape index (κ1) is 17.8. The van der Waals surface area contributed by atoms with Gasteiger partial charge in [-0.1, -0.05) is 40.2 Å². The lowest BCUT2D eigenvalue weighted by molar-refractivity contribution is -0.123. The maximum Gasteiger partial charge on any atom is 0.293 e. The van der Waals surface area contributed by atoms with E-state index in [1.54, 1.807) is 13.2 Å². The monoisotopic (exact) mass is 417 g/mol. The number of aryl methyl sites for hydroxylation is 1. The topological polar surface area (TPSA) is 46.6 Å². The second-order valence-electron chi connectivity index (χ2n) is 5.58. The Bertz CT molecular complexity index is 879. The second kappa shape index (κ2) is 7.45. The minimum Gasteiger partial charge on any atom is -0.496 e. The van der Waals surface area contributed by atoms with Crippen LogP contribution < -0.4 is 4.74 Å². The minimum atomic E-state index is -0.278. The van der Waals surface area contributed by atoms with E-state index < -0.39 is 0 Å². The number of halogens is 1. The number of nitrogens with zero attached hydrogens (tertiary/aromatic N) is 1. The van der Waals surface area contributed by atoms with Crippen molar-refractivity contribution < 1.29 is 14.3 Å². The first-order valence-electron chi connectivity index (χ1n) is 7.63.